The van der Waals surface area contributed by atoms with E-state index in [0.717, 1.165) is 29.2 Å². The summed E-state index contributed by atoms with van der Waals surface area (Å²) in [6, 6.07) is 8.07. The topological polar surface area (TPSA) is 94.9 Å². The maximum absolute atomic E-state index is 10.5. The zero-order valence-corrected chi connectivity index (χ0v) is 15.3. The van der Waals surface area contributed by atoms with Gasteiger partial charge in [0.1, 0.15) is 5.82 Å². The largest absolute Gasteiger partial charge is 0.393 e. The molecule has 0 radical (unpaired) electrons. The van der Waals surface area contributed by atoms with Crippen LogP contribution in [-0.4, -0.2) is 56.6 Å². The molecule has 0 amide bonds. The van der Waals surface area contributed by atoms with Gasteiger partial charge in [0, 0.05) is 39.5 Å². The number of H-pyrrole nitrogens is 1. The fourth-order valence-corrected chi connectivity index (χ4v) is 3.72. The lowest BCUT2D eigenvalue weighted by Gasteiger charge is -2.15. The molecule has 1 aliphatic carbocycles. The number of anilines is 2. The van der Waals surface area contributed by atoms with Crippen LogP contribution in [0, 0.1) is 5.92 Å². The lowest BCUT2D eigenvalue weighted by molar-refractivity contribution is 0.137. The summed E-state index contributed by atoms with van der Waals surface area (Å²) in [5, 5.41) is 21.1. The number of rotatable bonds is 5. The molecule has 3 N–H and O–H groups in total. The Morgan fingerprint density at radius 3 is 2.81 bits per heavy atom. The van der Waals surface area contributed by atoms with Crippen LogP contribution in [0.3, 0.4) is 0 Å². The Labute approximate surface area is 152 Å². The molecule has 8 nitrogen and oxygen atoms in total. The molecule has 1 aliphatic rings. The Morgan fingerprint density at radius 2 is 2.08 bits per heavy atom. The van der Waals surface area contributed by atoms with Gasteiger partial charge in [-0.3, -0.25) is 5.10 Å². The lowest BCUT2D eigenvalue weighted by Crippen LogP contribution is -2.23. The molecular formula is C18H25N7O. The molecule has 26 heavy (non-hydrogen) atoms. The van der Waals surface area contributed by atoms with Gasteiger partial charge in [-0.2, -0.15) is 4.98 Å². The van der Waals surface area contributed by atoms with Crippen molar-refractivity contribution < 1.29 is 5.11 Å². The van der Waals surface area contributed by atoms with Gasteiger partial charge in [0.2, 0.25) is 11.9 Å². The molecule has 0 aliphatic heterocycles. The summed E-state index contributed by atoms with van der Waals surface area (Å²) in [7, 11) is 5.84. The number of fused-ring (bicyclic) bond motifs is 1. The minimum atomic E-state index is -0.352. The monoisotopic (exact) mass is 355 g/mol. The van der Waals surface area contributed by atoms with Crippen molar-refractivity contribution in [3.63, 3.8) is 0 Å². The maximum atomic E-state index is 10.5. The number of imidazole rings is 1. The molecule has 0 bridgehead atoms. The molecule has 8 heteroatoms. The summed E-state index contributed by atoms with van der Waals surface area (Å²) in [6.07, 6.45) is 1.23. The molecule has 2 aromatic heterocycles. The summed E-state index contributed by atoms with van der Waals surface area (Å²) in [4.78, 5) is 11.0. The Kier molecular flexibility index (Phi) is 4.28. The molecule has 3 aromatic rings. The van der Waals surface area contributed by atoms with Crippen LogP contribution in [0.5, 0.6) is 0 Å². The predicted molar refractivity (Wildman–Crippen MR) is 101 cm³/mol. The molecule has 138 valence electrons. The van der Waals surface area contributed by atoms with E-state index < -0.39 is 0 Å². The van der Waals surface area contributed by atoms with E-state index in [9.17, 15) is 5.11 Å². The molecular weight excluding hydrogens is 330 g/mol. The standard InChI is InChI=1S/C18H25N7O/c1-24(2)18-21-16(22-23-18)11-8-12(15(26)9-11)10-19-17-20-13-6-4-5-7-14(13)25(17)3/h4-7,11-12,15,26H,8-10H2,1-3H3,(H,19,20)(H,21,22,23)/t11-,12+,15+/m0/s1. The van der Waals surface area contributed by atoms with Crippen molar-refractivity contribution in [2.24, 2.45) is 13.0 Å². The second-order valence-corrected chi connectivity index (χ2v) is 7.27. The highest BCUT2D eigenvalue weighted by molar-refractivity contribution is 5.78. The number of benzene rings is 1. The number of aliphatic hydroxyl groups is 1. The van der Waals surface area contributed by atoms with Crippen molar-refractivity contribution in [2.75, 3.05) is 30.9 Å². The van der Waals surface area contributed by atoms with E-state index in [1.54, 1.807) is 0 Å². The number of aromatic amines is 1. The average molecular weight is 355 g/mol. The van der Waals surface area contributed by atoms with Gasteiger partial charge in [-0.05, 0) is 25.0 Å². The van der Waals surface area contributed by atoms with Crippen LogP contribution in [0.25, 0.3) is 11.0 Å². The van der Waals surface area contributed by atoms with Gasteiger partial charge in [-0.1, -0.05) is 12.1 Å². The summed E-state index contributed by atoms with van der Waals surface area (Å²) >= 11 is 0. The number of nitrogens with one attached hydrogen (secondary N) is 2. The quantitative estimate of drug-likeness (QED) is 0.645. The average Bonchev–Trinajstić information content (AvgIpc) is 3.32. The predicted octanol–water partition coefficient (Wildman–Crippen LogP) is 1.72. The number of hydrogen-bond acceptors (Lipinski definition) is 6. The molecule has 1 saturated carbocycles. The van der Waals surface area contributed by atoms with E-state index in [4.69, 9.17) is 0 Å². The highest BCUT2D eigenvalue weighted by atomic mass is 16.3. The van der Waals surface area contributed by atoms with Crippen molar-refractivity contribution in [2.45, 2.75) is 24.9 Å². The molecule has 1 fully saturated rings. The van der Waals surface area contributed by atoms with Gasteiger partial charge in [-0.25, -0.2) is 4.98 Å². The third-order valence-electron chi connectivity index (χ3n) is 5.24. The van der Waals surface area contributed by atoms with E-state index in [-0.39, 0.29) is 17.9 Å². The third kappa shape index (κ3) is 3.01. The first kappa shape index (κ1) is 16.8. The Hall–Kier alpha value is -2.61. The highest BCUT2D eigenvalue weighted by Gasteiger charge is 2.35. The first-order valence-electron chi connectivity index (χ1n) is 8.96. The molecule has 0 saturated heterocycles. The van der Waals surface area contributed by atoms with E-state index in [1.165, 1.54) is 0 Å². The first-order chi connectivity index (χ1) is 12.5. The van der Waals surface area contributed by atoms with Crippen molar-refractivity contribution in [1.29, 1.82) is 0 Å². The summed E-state index contributed by atoms with van der Waals surface area (Å²) < 4.78 is 2.05. The van der Waals surface area contributed by atoms with Crippen molar-refractivity contribution >= 4 is 22.9 Å². The normalized spacial score (nSPS) is 22.8. The van der Waals surface area contributed by atoms with E-state index in [0.29, 0.717) is 18.9 Å². The first-order valence-corrected chi connectivity index (χ1v) is 8.96. The Bertz CT molecular complexity index is 900. The van der Waals surface area contributed by atoms with Gasteiger partial charge in [-0.15, -0.1) is 5.10 Å². The second-order valence-electron chi connectivity index (χ2n) is 7.27. The Balaban J connectivity index is 1.42. The number of para-hydroxylation sites is 2. The molecule has 4 rings (SSSR count). The zero-order valence-electron chi connectivity index (χ0n) is 15.3. The minimum Gasteiger partial charge on any atom is -0.393 e. The van der Waals surface area contributed by atoms with E-state index >= 15 is 0 Å². The maximum Gasteiger partial charge on any atom is 0.244 e. The van der Waals surface area contributed by atoms with Gasteiger partial charge in [0.15, 0.2) is 0 Å². The van der Waals surface area contributed by atoms with Crippen LogP contribution >= 0.6 is 0 Å². The molecule has 0 unspecified atom stereocenters. The summed E-state index contributed by atoms with van der Waals surface area (Å²) in [5.74, 6) is 2.73. The Morgan fingerprint density at radius 1 is 1.27 bits per heavy atom. The molecule has 1 aromatic carbocycles. The molecule has 2 heterocycles. The smallest absolute Gasteiger partial charge is 0.244 e. The van der Waals surface area contributed by atoms with Crippen LogP contribution in [0.2, 0.25) is 0 Å². The number of hydrogen-bond donors (Lipinski definition) is 3. The highest BCUT2D eigenvalue weighted by Crippen LogP contribution is 2.37. The number of nitrogens with zero attached hydrogens (tertiary/aromatic N) is 5. The van der Waals surface area contributed by atoms with Crippen molar-refractivity contribution in [3.05, 3.63) is 30.1 Å². The van der Waals surface area contributed by atoms with Crippen molar-refractivity contribution in [1.82, 2.24) is 24.7 Å². The van der Waals surface area contributed by atoms with Crippen LogP contribution in [0.15, 0.2) is 24.3 Å². The SMILES string of the molecule is CN(C)c1n[nH]c([C@H]2C[C@H](CNc3nc4ccccc4n3C)[C@H](O)C2)n1. The third-order valence-corrected chi connectivity index (χ3v) is 5.24. The fourth-order valence-electron chi connectivity index (χ4n) is 3.72. The lowest BCUT2D eigenvalue weighted by atomic mass is 10.0. The summed E-state index contributed by atoms with van der Waals surface area (Å²) in [6.45, 7) is 0.684. The minimum absolute atomic E-state index is 0.160. The van der Waals surface area contributed by atoms with Crippen LogP contribution < -0.4 is 10.2 Å². The molecule has 3 atom stereocenters. The fraction of sp³-hybridized carbons (Fsp3) is 0.500. The van der Waals surface area contributed by atoms with Crippen molar-refractivity contribution in [3.8, 4) is 0 Å². The van der Waals surface area contributed by atoms with Gasteiger partial charge in [0.05, 0.1) is 17.1 Å². The second kappa shape index (κ2) is 6.60. The van der Waals surface area contributed by atoms with Crippen LogP contribution in [0.4, 0.5) is 11.9 Å². The number of aliphatic hydroxyl groups excluding tert-OH is 1. The van der Waals surface area contributed by atoms with Gasteiger partial charge < -0.3 is 19.9 Å². The number of aryl methyl sites for hydroxylation is 1. The number of aromatic nitrogens is 5. The van der Waals surface area contributed by atoms with Crippen LogP contribution in [-0.2, 0) is 7.05 Å². The molecule has 0 spiro atoms. The van der Waals surface area contributed by atoms with Crippen LogP contribution in [0.1, 0.15) is 24.6 Å². The van der Waals surface area contributed by atoms with E-state index in [2.05, 4.69) is 31.5 Å². The summed E-state index contributed by atoms with van der Waals surface area (Å²) in [5.41, 5.74) is 2.07. The van der Waals surface area contributed by atoms with Gasteiger partial charge >= 0.3 is 0 Å². The van der Waals surface area contributed by atoms with E-state index in [1.807, 2.05) is 48.8 Å². The zero-order chi connectivity index (χ0) is 18.3. The van der Waals surface area contributed by atoms with Gasteiger partial charge in [0.25, 0.3) is 0 Å².